The molecule has 0 aromatic carbocycles. The summed E-state index contributed by atoms with van der Waals surface area (Å²) in [6.07, 6.45) is 7.90. The van der Waals surface area contributed by atoms with Gasteiger partial charge >= 0.3 is 0 Å². The molecule has 3 saturated heterocycles. The maximum absolute atomic E-state index is 12.6. The number of halogens is 2. The Balaban J connectivity index is 0.00000121. The van der Waals surface area contributed by atoms with Crippen molar-refractivity contribution < 1.29 is 9.59 Å². The topological polar surface area (TPSA) is 64.7 Å². The Morgan fingerprint density at radius 1 is 0.923 bits per heavy atom. The summed E-state index contributed by atoms with van der Waals surface area (Å²) in [6, 6.07) is 1.74. The number of nitrogens with one attached hydrogen (secondary N) is 2. The molecule has 0 spiro atoms. The summed E-state index contributed by atoms with van der Waals surface area (Å²) < 4.78 is 0. The van der Waals surface area contributed by atoms with E-state index in [4.69, 9.17) is 0 Å². The molecule has 0 radical (unpaired) electrons. The lowest BCUT2D eigenvalue weighted by Gasteiger charge is -2.36. The van der Waals surface area contributed by atoms with Crippen molar-refractivity contribution >= 4 is 36.6 Å². The lowest BCUT2D eigenvalue weighted by Crippen LogP contribution is -2.51. The number of nitrogens with zero attached hydrogens (tertiary/aromatic N) is 2. The minimum absolute atomic E-state index is 0. The van der Waals surface area contributed by atoms with Crippen molar-refractivity contribution in [3.8, 4) is 0 Å². The number of piperazine rings is 1. The zero-order valence-electron chi connectivity index (χ0n) is 15.3. The van der Waals surface area contributed by atoms with E-state index in [0.717, 1.165) is 45.4 Å². The van der Waals surface area contributed by atoms with Gasteiger partial charge in [0.25, 0.3) is 0 Å². The minimum atomic E-state index is 0. The summed E-state index contributed by atoms with van der Waals surface area (Å²) >= 11 is 0. The van der Waals surface area contributed by atoms with Gasteiger partial charge in [-0.15, -0.1) is 24.8 Å². The third-order valence-electron chi connectivity index (χ3n) is 6.07. The van der Waals surface area contributed by atoms with Gasteiger partial charge in [-0.1, -0.05) is 0 Å². The maximum atomic E-state index is 12.6. The molecule has 150 valence electrons. The van der Waals surface area contributed by atoms with Crippen molar-refractivity contribution in [2.75, 3.05) is 32.7 Å². The number of rotatable bonds is 5. The molecule has 2 atom stereocenters. The maximum Gasteiger partial charge on any atom is 0.234 e. The normalized spacial score (nSPS) is 30.9. The highest BCUT2D eigenvalue weighted by Crippen LogP contribution is 2.33. The third-order valence-corrected chi connectivity index (χ3v) is 6.07. The Morgan fingerprint density at radius 3 is 2.12 bits per heavy atom. The number of hydrogen-bond acceptors (Lipinski definition) is 4. The monoisotopic (exact) mass is 406 g/mol. The van der Waals surface area contributed by atoms with Crippen LogP contribution in [0.5, 0.6) is 0 Å². The molecule has 8 heteroatoms. The zero-order chi connectivity index (χ0) is 16.5. The molecule has 4 fully saturated rings. The Bertz CT molecular complexity index is 484. The molecule has 2 N–H and O–H groups in total. The standard InChI is InChI=1S/C18H30N4O2.2ClH/c23-17(20-14-1-2-14)12-21-5-7-22(8-6-21)18(24)11-13-9-15-3-4-16(10-13)19-15;;/h13-16,19H,1-12H2,(H,20,23);2*1H. The molecular weight excluding hydrogens is 375 g/mol. The van der Waals surface area contributed by atoms with Gasteiger partial charge in [-0.3, -0.25) is 14.5 Å². The molecule has 26 heavy (non-hydrogen) atoms. The van der Waals surface area contributed by atoms with Crippen molar-refractivity contribution in [1.29, 1.82) is 0 Å². The lowest BCUT2D eigenvalue weighted by molar-refractivity contribution is -0.134. The van der Waals surface area contributed by atoms with Crippen LogP contribution in [0.15, 0.2) is 0 Å². The second-order valence-electron chi connectivity index (χ2n) is 8.18. The molecule has 2 bridgehead atoms. The van der Waals surface area contributed by atoms with E-state index in [1.54, 1.807) is 0 Å². The number of hydrogen-bond donors (Lipinski definition) is 2. The Morgan fingerprint density at radius 2 is 1.54 bits per heavy atom. The van der Waals surface area contributed by atoms with Gasteiger partial charge in [0, 0.05) is 50.7 Å². The molecule has 6 nitrogen and oxygen atoms in total. The van der Waals surface area contributed by atoms with Gasteiger partial charge in [-0.05, 0) is 44.4 Å². The fraction of sp³-hybridized carbons (Fsp3) is 0.889. The SMILES string of the molecule is Cl.Cl.O=C(CN1CCN(C(=O)CC2CC3CCC(C2)N3)CC1)NC1CC1. The zero-order valence-corrected chi connectivity index (χ0v) is 17.0. The summed E-state index contributed by atoms with van der Waals surface area (Å²) in [5.41, 5.74) is 0. The summed E-state index contributed by atoms with van der Waals surface area (Å²) in [5.74, 6) is 1.03. The minimum Gasteiger partial charge on any atom is -0.352 e. The summed E-state index contributed by atoms with van der Waals surface area (Å²) in [7, 11) is 0. The van der Waals surface area contributed by atoms with Crippen LogP contribution in [0, 0.1) is 5.92 Å². The molecule has 1 aliphatic carbocycles. The average Bonchev–Trinajstić information content (AvgIpc) is 3.30. The van der Waals surface area contributed by atoms with Crippen LogP contribution in [0.3, 0.4) is 0 Å². The third kappa shape index (κ3) is 5.72. The second-order valence-corrected chi connectivity index (χ2v) is 8.18. The van der Waals surface area contributed by atoms with Gasteiger partial charge in [-0.25, -0.2) is 0 Å². The first-order valence-electron chi connectivity index (χ1n) is 9.71. The number of piperidine rings is 1. The molecule has 0 aromatic heterocycles. The predicted octanol–water partition coefficient (Wildman–Crippen LogP) is 1.17. The average molecular weight is 407 g/mol. The van der Waals surface area contributed by atoms with Gasteiger partial charge in [0.05, 0.1) is 6.54 Å². The first-order valence-corrected chi connectivity index (χ1v) is 9.71. The highest BCUT2D eigenvalue weighted by molar-refractivity contribution is 5.85. The molecule has 3 heterocycles. The highest BCUT2D eigenvalue weighted by atomic mass is 35.5. The Kier molecular flexibility index (Phi) is 8.01. The fourth-order valence-corrected chi connectivity index (χ4v) is 4.58. The van der Waals surface area contributed by atoms with Crippen LogP contribution in [0.2, 0.25) is 0 Å². The van der Waals surface area contributed by atoms with Crippen molar-refractivity contribution in [1.82, 2.24) is 20.4 Å². The first-order chi connectivity index (χ1) is 11.7. The Hall–Kier alpha value is -0.560. The quantitative estimate of drug-likeness (QED) is 0.719. The van der Waals surface area contributed by atoms with Crippen molar-refractivity contribution in [3.05, 3.63) is 0 Å². The number of carbonyl (C=O) groups is 2. The van der Waals surface area contributed by atoms with Gasteiger partial charge in [0.15, 0.2) is 0 Å². The number of amides is 2. The molecule has 1 saturated carbocycles. The van der Waals surface area contributed by atoms with Crippen LogP contribution in [0.1, 0.15) is 44.9 Å². The molecule has 2 unspecified atom stereocenters. The molecule has 0 aromatic rings. The van der Waals surface area contributed by atoms with Crippen LogP contribution in [-0.2, 0) is 9.59 Å². The number of fused-ring (bicyclic) bond motifs is 2. The van der Waals surface area contributed by atoms with Crippen LogP contribution < -0.4 is 10.6 Å². The summed E-state index contributed by atoms with van der Waals surface area (Å²) in [4.78, 5) is 28.6. The summed E-state index contributed by atoms with van der Waals surface area (Å²) in [5, 5.41) is 6.68. The van der Waals surface area contributed by atoms with Crippen LogP contribution in [-0.4, -0.2) is 72.5 Å². The largest absolute Gasteiger partial charge is 0.352 e. The molecule has 3 aliphatic heterocycles. The smallest absolute Gasteiger partial charge is 0.234 e. The van der Waals surface area contributed by atoms with E-state index in [9.17, 15) is 9.59 Å². The van der Waals surface area contributed by atoms with Crippen molar-refractivity contribution in [3.63, 3.8) is 0 Å². The molecule has 2 amide bonds. The van der Waals surface area contributed by atoms with E-state index in [-0.39, 0.29) is 30.7 Å². The van der Waals surface area contributed by atoms with Gasteiger partial charge < -0.3 is 15.5 Å². The van der Waals surface area contributed by atoms with Crippen LogP contribution in [0.25, 0.3) is 0 Å². The van der Waals surface area contributed by atoms with Crippen LogP contribution >= 0.6 is 24.8 Å². The highest BCUT2D eigenvalue weighted by Gasteiger charge is 2.35. The molecule has 4 aliphatic rings. The second kappa shape index (κ2) is 9.58. The van der Waals surface area contributed by atoms with E-state index in [1.165, 1.54) is 25.7 Å². The van der Waals surface area contributed by atoms with E-state index in [0.29, 0.717) is 36.5 Å². The van der Waals surface area contributed by atoms with Crippen molar-refractivity contribution in [2.24, 2.45) is 5.92 Å². The van der Waals surface area contributed by atoms with E-state index in [2.05, 4.69) is 15.5 Å². The number of carbonyl (C=O) groups excluding carboxylic acids is 2. The fourth-order valence-electron chi connectivity index (χ4n) is 4.58. The first kappa shape index (κ1) is 21.7. The molecular formula is C18H32Cl2N4O2. The molecule has 4 rings (SSSR count). The van der Waals surface area contributed by atoms with Gasteiger partial charge in [-0.2, -0.15) is 0 Å². The predicted molar refractivity (Wildman–Crippen MR) is 106 cm³/mol. The van der Waals surface area contributed by atoms with E-state index >= 15 is 0 Å². The van der Waals surface area contributed by atoms with Gasteiger partial charge in [0.2, 0.25) is 11.8 Å². The van der Waals surface area contributed by atoms with Crippen molar-refractivity contribution in [2.45, 2.75) is 63.1 Å². The van der Waals surface area contributed by atoms with E-state index < -0.39 is 0 Å². The Labute approximate surface area is 168 Å². The lowest BCUT2D eigenvalue weighted by atomic mass is 9.89. The van der Waals surface area contributed by atoms with Gasteiger partial charge in [0.1, 0.15) is 0 Å². The van der Waals surface area contributed by atoms with Crippen LogP contribution in [0.4, 0.5) is 0 Å². The summed E-state index contributed by atoms with van der Waals surface area (Å²) in [6.45, 7) is 3.67. The van der Waals surface area contributed by atoms with E-state index in [1.807, 2.05) is 4.90 Å².